The number of carbonyl (C=O) groups excluding carboxylic acids is 2. The SMILES string of the molecule is Cc1ccc(/N=C2\C=NC(=O)NC2=O)cc1C. The molecule has 0 aromatic heterocycles. The Balaban J connectivity index is 2.36. The minimum absolute atomic E-state index is 0.132. The zero-order chi connectivity index (χ0) is 12.4. The van der Waals surface area contributed by atoms with Crippen LogP contribution in [0.4, 0.5) is 10.5 Å². The average molecular weight is 229 g/mol. The molecule has 1 heterocycles. The van der Waals surface area contributed by atoms with Crippen LogP contribution in [-0.4, -0.2) is 23.9 Å². The molecule has 3 amide bonds. The summed E-state index contributed by atoms with van der Waals surface area (Å²) in [5.41, 5.74) is 3.05. The fourth-order valence-electron chi connectivity index (χ4n) is 1.39. The number of imide groups is 1. The van der Waals surface area contributed by atoms with Gasteiger partial charge in [-0.15, -0.1) is 0 Å². The molecule has 1 N–H and O–H groups in total. The Morgan fingerprint density at radius 3 is 2.59 bits per heavy atom. The van der Waals surface area contributed by atoms with Crippen LogP contribution < -0.4 is 5.32 Å². The number of hydrogen-bond donors (Lipinski definition) is 1. The van der Waals surface area contributed by atoms with Gasteiger partial charge in [0, 0.05) is 0 Å². The molecule has 0 saturated heterocycles. The van der Waals surface area contributed by atoms with Gasteiger partial charge in [0.2, 0.25) is 0 Å². The van der Waals surface area contributed by atoms with Gasteiger partial charge in [0.15, 0.2) is 0 Å². The van der Waals surface area contributed by atoms with Crippen LogP contribution in [0, 0.1) is 13.8 Å². The van der Waals surface area contributed by atoms with Crippen molar-refractivity contribution in [3.8, 4) is 0 Å². The van der Waals surface area contributed by atoms with E-state index < -0.39 is 11.9 Å². The quantitative estimate of drug-likeness (QED) is 0.796. The molecule has 1 aromatic rings. The van der Waals surface area contributed by atoms with Crippen molar-refractivity contribution < 1.29 is 9.59 Å². The van der Waals surface area contributed by atoms with E-state index in [-0.39, 0.29) is 5.71 Å². The summed E-state index contributed by atoms with van der Waals surface area (Å²) in [7, 11) is 0. The van der Waals surface area contributed by atoms with Crippen LogP contribution in [0.1, 0.15) is 11.1 Å². The number of hydrogen-bond acceptors (Lipinski definition) is 3. The lowest BCUT2D eigenvalue weighted by molar-refractivity contribution is -0.113. The predicted molar refractivity (Wildman–Crippen MR) is 65.0 cm³/mol. The highest BCUT2D eigenvalue weighted by molar-refractivity contribution is 6.64. The largest absolute Gasteiger partial charge is 0.347 e. The summed E-state index contributed by atoms with van der Waals surface area (Å²) in [4.78, 5) is 29.8. The van der Waals surface area contributed by atoms with Crippen LogP contribution in [0.15, 0.2) is 28.2 Å². The molecule has 1 aliphatic heterocycles. The van der Waals surface area contributed by atoms with Crippen LogP contribution >= 0.6 is 0 Å². The van der Waals surface area contributed by atoms with Gasteiger partial charge in [-0.05, 0) is 37.1 Å². The van der Waals surface area contributed by atoms with E-state index >= 15 is 0 Å². The smallest absolute Gasteiger partial charge is 0.271 e. The molecule has 0 saturated carbocycles. The molecule has 2 rings (SSSR count). The summed E-state index contributed by atoms with van der Waals surface area (Å²) in [5, 5.41) is 2.07. The number of rotatable bonds is 1. The molecule has 0 unspecified atom stereocenters. The van der Waals surface area contributed by atoms with Gasteiger partial charge in [-0.1, -0.05) is 6.07 Å². The topological polar surface area (TPSA) is 70.9 Å². The second-order valence-electron chi connectivity index (χ2n) is 3.78. The van der Waals surface area contributed by atoms with Gasteiger partial charge in [0.05, 0.1) is 11.9 Å². The maximum absolute atomic E-state index is 11.4. The molecule has 0 spiro atoms. The molecular weight excluding hydrogens is 218 g/mol. The van der Waals surface area contributed by atoms with E-state index in [1.165, 1.54) is 6.21 Å². The van der Waals surface area contributed by atoms with Crippen molar-refractivity contribution in [1.29, 1.82) is 0 Å². The van der Waals surface area contributed by atoms with Crippen molar-refractivity contribution in [3.63, 3.8) is 0 Å². The molecule has 5 heteroatoms. The number of nitrogens with zero attached hydrogens (tertiary/aromatic N) is 2. The van der Waals surface area contributed by atoms with Gasteiger partial charge in [-0.25, -0.2) is 9.79 Å². The number of carbonyl (C=O) groups is 2. The summed E-state index contributed by atoms with van der Waals surface area (Å²) in [6.07, 6.45) is 1.18. The first-order valence-corrected chi connectivity index (χ1v) is 5.11. The normalized spacial score (nSPS) is 17.4. The Labute approximate surface area is 98.3 Å². The van der Waals surface area contributed by atoms with E-state index in [9.17, 15) is 9.59 Å². The van der Waals surface area contributed by atoms with Crippen molar-refractivity contribution >= 4 is 29.6 Å². The fraction of sp³-hybridized carbons (Fsp3) is 0.167. The molecule has 0 aliphatic carbocycles. The second kappa shape index (κ2) is 4.29. The Kier molecular flexibility index (Phi) is 2.82. The maximum atomic E-state index is 11.4. The third-order valence-electron chi connectivity index (χ3n) is 2.50. The first-order valence-electron chi connectivity index (χ1n) is 5.11. The van der Waals surface area contributed by atoms with Gasteiger partial charge in [-0.3, -0.25) is 10.1 Å². The zero-order valence-corrected chi connectivity index (χ0v) is 9.52. The third kappa shape index (κ3) is 2.44. The molecule has 86 valence electrons. The first kappa shape index (κ1) is 11.2. The second-order valence-corrected chi connectivity index (χ2v) is 3.78. The fourth-order valence-corrected chi connectivity index (χ4v) is 1.39. The van der Waals surface area contributed by atoms with Gasteiger partial charge < -0.3 is 0 Å². The van der Waals surface area contributed by atoms with Gasteiger partial charge >= 0.3 is 6.03 Å². The number of nitrogens with one attached hydrogen (secondary N) is 1. The Bertz CT molecular complexity index is 559. The van der Waals surface area contributed by atoms with Gasteiger partial charge in [0.25, 0.3) is 5.91 Å². The maximum Gasteiger partial charge on any atom is 0.347 e. The molecule has 0 bridgehead atoms. The standard InChI is InChI=1S/C12H11N3O2/c1-7-3-4-9(5-8(7)2)14-10-6-13-12(17)15-11(10)16/h3-6H,1-2H3,(H,15,16,17)/b14-10+. The monoisotopic (exact) mass is 229 g/mol. The highest BCUT2D eigenvalue weighted by atomic mass is 16.2. The van der Waals surface area contributed by atoms with Crippen LogP contribution in [0.3, 0.4) is 0 Å². The number of aliphatic imine (C=N–C) groups is 2. The van der Waals surface area contributed by atoms with E-state index in [0.717, 1.165) is 11.1 Å². The Morgan fingerprint density at radius 2 is 1.94 bits per heavy atom. The first-order chi connectivity index (χ1) is 8.06. The van der Waals surface area contributed by atoms with Crippen molar-refractivity contribution in [2.24, 2.45) is 9.98 Å². The minimum Gasteiger partial charge on any atom is -0.271 e. The molecule has 5 nitrogen and oxygen atoms in total. The van der Waals surface area contributed by atoms with Crippen LogP contribution in [0.5, 0.6) is 0 Å². The number of urea groups is 1. The number of aryl methyl sites for hydroxylation is 2. The van der Waals surface area contributed by atoms with E-state index in [1.54, 1.807) is 0 Å². The van der Waals surface area contributed by atoms with Crippen molar-refractivity contribution in [2.75, 3.05) is 0 Å². The molecule has 0 atom stereocenters. The van der Waals surface area contributed by atoms with Crippen LogP contribution in [0.2, 0.25) is 0 Å². The lowest BCUT2D eigenvalue weighted by Gasteiger charge is -2.06. The summed E-state index contributed by atoms with van der Waals surface area (Å²) < 4.78 is 0. The van der Waals surface area contributed by atoms with E-state index in [2.05, 4.69) is 15.3 Å². The van der Waals surface area contributed by atoms with Crippen LogP contribution in [-0.2, 0) is 4.79 Å². The summed E-state index contributed by atoms with van der Waals surface area (Å²) >= 11 is 0. The van der Waals surface area contributed by atoms with E-state index in [1.807, 2.05) is 32.0 Å². The van der Waals surface area contributed by atoms with Crippen molar-refractivity contribution in [2.45, 2.75) is 13.8 Å². The molecule has 0 radical (unpaired) electrons. The summed E-state index contributed by atoms with van der Waals surface area (Å²) in [6.45, 7) is 3.97. The van der Waals surface area contributed by atoms with Crippen LogP contribution in [0.25, 0.3) is 0 Å². The molecule has 1 aliphatic rings. The van der Waals surface area contributed by atoms with Crippen molar-refractivity contribution in [1.82, 2.24) is 5.32 Å². The van der Waals surface area contributed by atoms with Gasteiger partial charge in [0.1, 0.15) is 5.71 Å². The predicted octanol–water partition coefficient (Wildman–Crippen LogP) is 1.70. The third-order valence-corrected chi connectivity index (χ3v) is 2.50. The lowest BCUT2D eigenvalue weighted by Crippen LogP contribution is -2.39. The average Bonchev–Trinajstić information content (AvgIpc) is 2.27. The summed E-state index contributed by atoms with van der Waals surface area (Å²) in [6, 6.07) is 4.96. The molecular formula is C12H11N3O2. The number of amides is 3. The highest BCUT2D eigenvalue weighted by Crippen LogP contribution is 2.17. The Morgan fingerprint density at radius 1 is 1.18 bits per heavy atom. The van der Waals surface area contributed by atoms with E-state index in [4.69, 9.17) is 0 Å². The lowest BCUT2D eigenvalue weighted by atomic mass is 10.1. The summed E-state index contributed by atoms with van der Waals surface area (Å²) in [5.74, 6) is -0.525. The molecule has 17 heavy (non-hydrogen) atoms. The zero-order valence-electron chi connectivity index (χ0n) is 9.52. The highest BCUT2D eigenvalue weighted by Gasteiger charge is 2.17. The van der Waals surface area contributed by atoms with E-state index in [0.29, 0.717) is 5.69 Å². The number of benzene rings is 1. The Hall–Kier alpha value is -2.30. The van der Waals surface area contributed by atoms with Gasteiger partial charge in [-0.2, -0.15) is 4.99 Å². The molecule has 0 fully saturated rings. The molecule has 1 aromatic carbocycles. The minimum atomic E-state index is -0.658. The van der Waals surface area contributed by atoms with Crippen molar-refractivity contribution in [3.05, 3.63) is 29.3 Å².